The van der Waals surface area contributed by atoms with Gasteiger partial charge in [-0.2, -0.15) is 0 Å². The summed E-state index contributed by atoms with van der Waals surface area (Å²) in [6.07, 6.45) is 0. The molecule has 24 heavy (non-hydrogen) atoms. The fourth-order valence-corrected chi connectivity index (χ4v) is 3.75. The molecule has 7 heteroatoms. The molecule has 6 nitrogen and oxygen atoms in total. The van der Waals surface area contributed by atoms with Gasteiger partial charge in [0, 0.05) is 36.6 Å². The van der Waals surface area contributed by atoms with E-state index in [1.165, 1.54) is 11.3 Å². The van der Waals surface area contributed by atoms with E-state index in [1.54, 1.807) is 0 Å². The van der Waals surface area contributed by atoms with Crippen LogP contribution >= 0.6 is 11.3 Å². The van der Waals surface area contributed by atoms with Crippen LogP contribution < -0.4 is 14.8 Å². The second kappa shape index (κ2) is 6.41. The normalized spacial score (nSPS) is 20.0. The molecule has 1 atom stereocenters. The number of piperazine rings is 1. The van der Waals surface area contributed by atoms with Gasteiger partial charge in [0.25, 0.3) is 5.91 Å². The average molecular weight is 345 g/mol. The Bertz CT molecular complexity index is 761. The van der Waals surface area contributed by atoms with Gasteiger partial charge in [-0.1, -0.05) is 0 Å². The van der Waals surface area contributed by atoms with Crippen LogP contribution in [0.15, 0.2) is 23.6 Å². The fourth-order valence-electron chi connectivity index (χ4n) is 2.96. The van der Waals surface area contributed by atoms with Crippen molar-refractivity contribution in [2.45, 2.75) is 13.0 Å². The van der Waals surface area contributed by atoms with E-state index in [-0.39, 0.29) is 5.91 Å². The van der Waals surface area contributed by atoms with Crippen molar-refractivity contribution in [3.05, 3.63) is 29.3 Å². The number of nitrogens with zero attached hydrogens (tertiary/aromatic N) is 2. The summed E-state index contributed by atoms with van der Waals surface area (Å²) in [4.78, 5) is 19.0. The molecule has 2 aliphatic heterocycles. The van der Waals surface area contributed by atoms with Crippen molar-refractivity contribution in [2.75, 3.05) is 32.8 Å². The summed E-state index contributed by atoms with van der Waals surface area (Å²) in [5.41, 5.74) is 1.45. The first-order valence-corrected chi connectivity index (χ1v) is 8.97. The van der Waals surface area contributed by atoms with Crippen molar-refractivity contribution in [2.24, 2.45) is 0 Å². The Morgan fingerprint density at radius 3 is 3.00 bits per heavy atom. The van der Waals surface area contributed by atoms with Gasteiger partial charge >= 0.3 is 0 Å². The minimum Gasteiger partial charge on any atom is -0.486 e. The number of aromatic nitrogens is 1. The standard InChI is InChI=1S/C17H19N3O3S/c1-11-9-20(5-4-18-11)17(21)13-10-24-16(19-13)12-2-3-14-15(8-12)23-7-6-22-14/h2-3,8,10-11,18H,4-7,9H2,1H3. The largest absolute Gasteiger partial charge is 0.486 e. The van der Waals surface area contributed by atoms with Crippen molar-refractivity contribution < 1.29 is 14.3 Å². The maximum absolute atomic E-state index is 12.6. The highest BCUT2D eigenvalue weighted by atomic mass is 32.1. The van der Waals surface area contributed by atoms with E-state index in [0.29, 0.717) is 24.9 Å². The molecule has 1 N–H and O–H groups in total. The van der Waals surface area contributed by atoms with Gasteiger partial charge in [0.15, 0.2) is 11.5 Å². The SMILES string of the molecule is CC1CN(C(=O)c2csc(-c3ccc4c(c3)OCCO4)n2)CCN1. The molecule has 1 unspecified atom stereocenters. The van der Waals surface area contributed by atoms with Crippen LogP contribution in [-0.4, -0.2) is 54.7 Å². The van der Waals surface area contributed by atoms with Gasteiger partial charge < -0.3 is 19.7 Å². The molecular formula is C17H19N3O3S. The molecule has 0 aliphatic carbocycles. The molecule has 1 fully saturated rings. The summed E-state index contributed by atoms with van der Waals surface area (Å²) < 4.78 is 11.2. The van der Waals surface area contributed by atoms with Crippen molar-refractivity contribution >= 4 is 17.2 Å². The Balaban J connectivity index is 1.55. The van der Waals surface area contributed by atoms with Gasteiger partial charge in [-0.15, -0.1) is 11.3 Å². The molecule has 3 heterocycles. The van der Waals surface area contributed by atoms with Crippen LogP contribution in [0.5, 0.6) is 11.5 Å². The lowest BCUT2D eigenvalue weighted by Crippen LogP contribution is -2.51. The fraction of sp³-hybridized carbons (Fsp3) is 0.412. The third-order valence-electron chi connectivity index (χ3n) is 4.17. The Morgan fingerprint density at radius 2 is 2.17 bits per heavy atom. The zero-order chi connectivity index (χ0) is 16.5. The van der Waals surface area contributed by atoms with Crippen LogP contribution in [0.1, 0.15) is 17.4 Å². The molecule has 1 aromatic carbocycles. The number of hydrogen-bond donors (Lipinski definition) is 1. The number of benzene rings is 1. The van der Waals surface area contributed by atoms with Crippen LogP contribution in [0.2, 0.25) is 0 Å². The summed E-state index contributed by atoms with van der Waals surface area (Å²) in [5.74, 6) is 1.49. The van der Waals surface area contributed by atoms with E-state index in [2.05, 4.69) is 17.2 Å². The molecule has 1 aromatic heterocycles. The second-order valence-electron chi connectivity index (χ2n) is 6.00. The highest BCUT2D eigenvalue weighted by Crippen LogP contribution is 2.35. The molecule has 0 spiro atoms. The van der Waals surface area contributed by atoms with Crippen molar-refractivity contribution in [1.29, 1.82) is 0 Å². The Kier molecular flexibility index (Phi) is 4.12. The number of rotatable bonds is 2. The highest BCUT2D eigenvalue weighted by molar-refractivity contribution is 7.13. The van der Waals surface area contributed by atoms with Gasteiger partial charge in [0.2, 0.25) is 0 Å². The predicted molar refractivity (Wildman–Crippen MR) is 91.9 cm³/mol. The number of carbonyl (C=O) groups excluding carboxylic acids is 1. The molecular weight excluding hydrogens is 326 g/mol. The monoisotopic (exact) mass is 345 g/mol. The summed E-state index contributed by atoms with van der Waals surface area (Å²) in [6.45, 7) is 5.48. The van der Waals surface area contributed by atoms with Gasteiger partial charge in [0.1, 0.15) is 23.9 Å². The lowest BCUT2D eigenvalue weighted by atomic mass is 10.2. The number of thiazole rings is 1. The van der Waals surface area contributed by atoms with Crippen LogP contribution in [-0.2, 0) is 0 Å². The first-order chi connectivity index (χ1) is 11.7. The van der Waals surface area contributed by atoms with Crippen molar-refractivity contribution in [1.82, 2.24) is 15.2 Å². The summed E-state index contributed by atoms with van der Waals surface area (Å²) in [6, 6.07) is 6.09. The molecule has 0 saturated carbocycles. The Labute approximate surface area is 144 Å². The summed E-state index contributed by atoms with van der Waals surface area (Å²) in [7, 11) is 0. The van der Waals surface area contributed by atoms with E-state index in [1.807, 2.05) is 28.5 Å². The molecule has 2 aromatic rings. The maximum Gasteiger partial charge on any atom is 0.273 e. The van der Waals surface area contributed by atoms with Crippen LogP contribution in [0.25, 0.3) is 10.6 Å². The van der Waals surface area contributed by atoms with E-state index in [0.717, 1.165) is 41.7 Å². The summed E-state index contributed by atoms with van der Waals surface area (Å²) in [5, 5.41) is 5.99. The number of hydrogen-bond acceptors (Lipinski definition) is 6. The minimum absolute atomic E-state index is 0.00314. The molecule has 2 aliphatic rings. The lowest BCUT2D eigenvalue weighted by Gasteiger charge is -2.31. The van der Waals surface area contributed by atoms with Gasteiger partial charge in [-0.25, -0.2) is 4.98 Å². The predicted octanol–water partition coefficient (Wildman–Crippen LogP) is 2.02. The van der Waals surface area contributed by atoms with E-state index in [9.17, 15) is 4.79 Å². The van der Waals surface area contributed by atoms with Crippen LogP contribution in [0.3, 0.4) is 0 Å². The first-order valence-electron chi connectivity index (χ1n) is 8.09. The third-order valence-corrected chi connectivity index (χ3v) is 5.06. The van der Waals surface area contributed by atoms with Crippen molar-refractivity contribution in [3.8, 4) is 22.1 Å². The van der Waals surface area contributed by atoms with Gasteiger partial charge in [-0.05, 0) is 25.1 Å². The smallest absolute Gasteiger partial charge is 0.273 e. The number of nitrogens with one attached hydrogen (secondary N) is 1. The minimum atomic E-state index is 0.00314. The first kappa shape index (κ1) is 15.4. The number of ether oxygens (including phenoxy) is 2. The molecule has 0 radical (unpaired) electrons. The molecule has 1 saturated heterocycles. The van der Waals surface area contributed by atoms with Crippen LogP contribution in [0.4, 0.5) is 0 Å². The quantitative estimate of drug-likeness (QED) is 0.902. The second-order valence-corrected chi connectivity index (χ2v) is 6.86. The lowest BCUT2D eigenvalue weighted by molar-refractivity contribution is 0.0704. The van der Waals surface area contributed by atoms with Crippen molar-refractivity contribution in [3.63, 3.8) is 0 Å². The highest BCUT2D eigenvalue weighted by Gasteiger charge is 2.24. The molecule has 0 bridgehead atoms. The van der Waals surface area contributed by atoms with Gasteiger partial charge in [0.05, 0.1) is 0 Å². The molecule has 1 amide bonds. The number of carbonyl (C=O) groups is 1. The zero-order valence-corrected chi connectivity index (χ0v) is 14.3. The Hall–Kier alpha value is -2.12. The molecule has 4 rings (SSSR count). The molecule has 126 valence electrons. The van der Waals surface area contributed by atoms with Gasteiger partial charge in [-0.3, -0.25) is 4.79 Å². The van der Waals surface area contributed by atoms with E-state index < -0.39 is 0 Å². The summed E-state index contributed by atoms with van der Waals surface area (Å²) >= 11 is 1.48. The zero-order valence-electron chi connectivity index (χ0n) is 13.4. The van der Waals surface area contributed by atoms with Crippen LogP contribution in [0, 0.1) is 0 Å². The topological polar surface area (TPSA) is 63.7 Å². The number of amides is 1. The maximum atomic E-state index is 12.6. The Morgan fingerprint density at radius 1 is 1.33 bits per heavy atom. The van der Waals surface area contributed by atoms with E-state index >= 15 is 0 Å². The number of fused-ring (bicyclic) bond motifs is 1. The third kappa shape index (κ3) is 2.97. The van der Waals surface area contributed by atoms with E-state index in [4.69, 9.17) is 9.47 Å². The average Bonchev–Trinajstić information content (AvgIpc) is 3.11.